The Morgan fingerprint density at radius 2 is 0.679 bits per heavy atom. The zero-order valence-electron chi connectivity index (χ0n) is 50.9. The molecule has 0 saturated carbocycles. The highest BCUT2D eigenvalue weighted by Crippen LogP contribution is 2.43. The lowest BCUT2D eigenvalue weighted by atomic mass is 9.86. The maximum atomic E-state index is 5.14. The van der Waals surface area contributed by atoms with Gasteiger partial charge in [-0.1, -0.05) is 84.9 Å². The number of hydrogen-bond acceptors (Lipinski definition) is 1. The van der Waals surface area contributed by atoms with Crippen LogP contribution >= 0.6 is 0 Å². The van der Waals surface area contributed by atoms with Crippen molar-refractivity contribution in [2.75, 3.05) is 0 Å². The molecular weight excluding hydrogens is 985 g/mol. The highest BCUT2D eigenvalue weighted by Gasteiger charge is 2.30. The first-order chi connectivity index (χ1) is 38.7. The second-order valence-corrected chi connectivity index (χ2v) is 23.7. The number of nitrogens with zero attached hydrogens (tertiary/aromatic N) is 6. The number of hydrogen-bond donors (Lipinski definition) is 0. The molecule has 404 valence electrons. The van der Waals surface area contributed by atoms with Gasteiger partial charge in [0.05, 0.1) is 50.4 Å². The van der Waals surface area contributed by atoms with Crippen LogP contribution in [0.5, 0.6) is 0 Å². The lowest BCUT2D eigenvalue weighted by Crippen LogP contribution is -2.30. The van der Waals surface area contributed by atoms with E-state index in [-0.39, 0.29) is 0 Å². The summed E-state index contributed by atoms with van der Waals surface area (Å²) in [4.78, 5) is 5.14. The van der Waals surface area contributed by atoms with Crippen molar-refractivity contribution in [3.63, 3.8) is 0 Å². The van der Waals surface area contributed by atoms with Gasteiger partial charge >= 0.3 is 0 Å². The van der Waals surface area contributed by atoms with E-state index in [1.807, 2.05) is 0 Å². The molecular formula is C75H76N6+2. The molecule has 0 aliphatic carbocycles. The highest BCUT2D eigenvalue weighted by molar-refractivity contribution is 5.91. The smallest absolute Gasteiger partial charge is 0.289 e. The maximum Gasteiger partial charge on any atom is 0.289 e. The van der Waals surface area contributed by atoms with Crippen molar-refractivity contribution in [1.29, 1.82) is 0 Å². The topological polar surface area (TPSA) is 35.4 Å². The van der Waals surface area contributed by atoms with Gasteiger partial charge in [0.15, 0.2) is 22.1 Å². The molecule has 6 nitrogen and oxygen atoms in total. The molecule has 9 aromatic carbocycles. The predicted molar refractivity (Wildman–Crippen MR) is 341 cm³/mol. The summed E-state index contributed by atoms with van der Waals surface area (Å²) in [7, 11) is 11.0. The molecule has 0 radical (unpaired) electrons. The third-order valence-corrected chi connectivity index (χ3v) is 18.7. The SMILES string of the molecule is Cc1cc(C)c(-c2ccc(-c3c(C)cc(C)c(-c4n(C)c5cc(-c6ccc7c(c6)[n+](C)c(-c6c(C)cc(C)c(-c8ccc(-c9c(C)cc(C)c(-c%10nc%11ccccc%11n%10C)c9C)cc8)c6C)n7C)ccc5[n+]4C)c3C)cc2)c(C)c1C. The van der Waals surface area contributed by atoms with E-state index < -0.39 is 0 Å². The van der Waals surface area contributed by atoms with Gasteiger partial charge in [-0.05, 0) is 266 Å². The van der Waals surface area contributed by atoms with Crippen LogP contribution in [0, 0.1) is 90.0 Å². The Balaban J connectivity index is 0.882. The van der Waals surface area contributed by atoms with E-state index in [2.05, 4.69) is 282 Å². The molecule has 0 saturated heterocycles. The van der Waals surface area contributed by atoms with Crippen molar-refractivity contribution in [3.8, 4) is 89.8 Å². The van der Waals surface area contributed by atoms with Gasteiger partial charge in [0, 0.05) is 12.6 Å². The first-order valence-electron chi connectivity index (χ1n) is 28.7. The fraction of sp³-hybridized carbons (Fsp3) is 0.240. The quantitative estimate of drug-likeness (QED) is 0.140. The van der Waals surface area contributed by atoms with E-state index in [1.54, 1.807) is 0 Å². The zero-order chi connectivity index (χ0) is 57.4. The second kappa shape index (κ2) is 19.6. The Morgan fingerprint density at radius 1 is 0.296 bits per heavy atom. The summed E-state index contributed by atoms with van der Waals surface area (Å²) in [5, 5.41) is 0. The van der Waals surface area contributed by atoms with E-state index in [0.29, 0.717) is 0 Å². The largest absolute Gasteiger partial charge is 0.327 e. The van der Waals surface area contributed by atoms with E-state index >= 15 is 0 Å². The number of benzene rings is 9. The lowest BCUT2D eigenvalue weighted by molar-refractivity contribution is -0.634. The summed E-state index contributed by atoms with van der Waals surface area (Å²) in [6.45, 7) is 29.4. The minimum Gasteiger partial charge on any atom is -0.327 e. The molecule has 6 heteroatoms. The lowest BCUT2D eigenvalue weighted by Gasteiger charge is -2.19. The minimum absolute atomic E-state index is 1.01. The molecule has 0 unspecified atom stereocenters. The summed E-state index contributed by atoms with van der Waals surface area (Å²) in [5.41, 5.74) is 40.2. The van der Waals surface area contributed by atoms with Crippen molar-refractivity contribution in [3.05, 3.63) is 206 Å². The van der Waals surface area contributed by atoms with Crippen molar-refractivity contribution >= 4 is 33.1 Å². The molecule has 3 heterocycles. The number of para-hydroxylation sites is 2. The average molecular weight is 1060 g/mol. The molecule has 0 N–H and O–H groups in total. The molecule has 3 aromatic heterocycles. The van der Waals surface area contributed by atoms with Crippen LogP contribution in [-0.2, 0) is 35.2 Å². The van der Waals surface area contributed by atoms with E-state index in [4.69, 9.17) is 4.98 Å². The van der Waals surface area contributed by atoms with Crippen molar-refractivity contribution in [2.24, 2.45) is 35.2 Å². The molecule has 0 spiro atoms. The zero-order valence-corrected chi connectivity index (χ0v) is 50.9. The Bertz CT molecular complexity index is 4620. The summed E-state index contributed by atoms with van der Waals surface area (Å²) < 4.78 is 11.8. The van der Waals surface area contributed by atoms with Crippen LogP contribution in [-0.4, -0.2) is 18.7 Å². The molecule has 0 atom stereocenters. The van der Waals surface area contributed by atoms with Crippen molar-refractivity contribution in [2.45, 2.75) is 90.0 Å². The van der Waals surface area contributed by atoms with Crippen LogP contribution in [0.3, 0.4) is 0 Å². The Hall–Kier alpha value is -8.61. The molecule has 0 bridgehead atoms. The standard InChI is InChI=1S/C75H76N6/c1-41-35-42(2)66(50(10)49(41)9)54-23-25-56(26-24-54)68-44(4)37-47(7)71(52(68)12)74-78(15)62-33-31-58(39-64(62)80(74)17)59-32-34-63-65(40-59)81(18)75(79(63)16)72-48(8)38-45(5)69(53(72)13)57-29-27-55(28-30-57)67-43(3)36-46(6)70(51(67)11)73-76-60-21-19-20-22-61(60)77(73)14/h19-40H,1-18H3/q+2. The van der Waals surface area contributed by atoms with Gasteiger partial charge in [0.25, 0.3) is 11.6 Å². The summed E-state index contributed by atoms with van der Waals surface area (Å²) in [6, 6.07) is 50.4. The van der Waals surface area contributed by atoms with E-state index in [0.717, 1.165) is 16.9 Å². The Kier molecular flexibility index (Phi) is 12.8. The van der Waals surface area contributed by atoms with E-state index in [1.165, 1.54) is 178 Å². The van der Waals surface area contributed by atoms with Crippen LogP contribution in [0.15, 0.2) is 133 Å². The number of rotatable bonds is 8. The van der Waals surface area contributed by atoms with Gasteiger partial charge in [-0.2, -0.15) is 0 Å². The van der Waals surface area contributed by atoms with Crippen molar-refractivity contribution in [1.82, 2.24) is 18.7 Å². The molecule has 0 aliphatic heterocycles. The Labute approximate surface area is 479 Å². The molecule has 12 rings (SSSR count). The fourth-order valence-electron chi connectivity index (χ4n) is 14.7. The normalized spacial score (nSPS) is 11.8. The van der Waals surface area contributed by atoms with Gasteiger partial charge < -0.3 is 4.57 Å². The number of aryl methyl sites for hydroxylation is 13. The third kappa shape index (κ3) is 8.23. The van der Waals surface area contributed by atoms with Gasteiger partial charge in [-0.3, -0.25) is 0 Å². The molecule has 0 fully saturated rings. The monoisotopic (exact) mass is 1060 g/mol. The predicted octanol–water partition coefficient (Wildman–Crippen LogP) is 17.6. The average Bonchev–Trinajstić information content (AvgIpc) is 4.03. The third-order valence-electron chi connectivity index (χ3n) is 18.7. The van der Waals surface area contributed by atoms with Crippen LogP contribution < -0.4 is 9.13 Å². The molecule has 0 amide bonds. The number of fused-ring (bicyclic) bond motifs is 3. The molecule has 81 heavy (non-hydrogen) atoms. The first-order valence-corrected chi connectivity index (χ1v) is 28.7. The van der Waals surface area contributed by atoms with Crippen molar-refractivity contribution < 1.29 is 9.13 Å². The van der Waals surface area contributed by atoms with Gasteiger partial charge in [-0.15, -0.1) is 0 Å². The van der Waals surface area contributed by atoms with E-state index in [9.17, 15) is 0 Å². The molecule has 0 aliphatic rings. The highest BCUT2D eigenvalue weighted by atomic mass is 15.2. The second-order valence-electron chi connectivity index (χ2n) is 23.7. The minimum atomic E-state index is 1.01. The van der Waals surface area contributed by atoms with Gasteiger partial charge in [-0.25, -0.2) is 23.3 Å². The maximum absolute atomic E-state index is 5.14. The number of imidazole rings is 3. The summed E-state index contributed by atoms with van der Waals surface area (Å²) in [6.07, 6.45) is 0. The molecule has 12 aromatic rings. The van der Waals surface area contributed by atoms with Crippen LogP contribution in [0.4, 0.5) is 0 Å². The Morgan fingerprint density at radius 3 is 1.19 bits per heavy atom. The van der Waals surface area contributed by atoms with Gasteiger partial charge in [0.2, 0.25) is 0 Å². The van der Waals surface area contributed by atoms with Crippen LogP contribution in [0.2, 0.25) is 0 Å². The summed E-state index contributed by atoms with van der Waals surface area (Å²) in [5.74, 6) is 3.40. The van der Waals surface area contributed by atoms with Gasteiger partial charge in [0.1, 0.15) is 5.82 Å². The van der Waals surface area contributed by atoms with Crippen LogP contribution in [0.1, 0.15) is 72.3 Å². The fourth-order valence-corrected chi connectivity index (χ4v) is 14.7. The summed E-state index contributed by atoms with van der Waals surface area (Å²) >= 11 is 0. The first kappa shape index (κ1) is 53.1. The van der Waals surface area contributed by atoms with Crippen LogP contribution in [0.25, 0.3) is 123 Å². The number of aromatic nitrogens is 6.